The molecule has 1 atom stereocenters. The van der Waals surface area contributed by atoms with Crippen LogP contribution in [-0.4, -0.2) is 31.7 Å². The second kappa shape index (κ2) is 8.73. The zero-order valence-corrected chi connectivity index (χ0v) is 17.5. The molecule has 1 saturated heterocycles. The Morgan fingerprint density at radius 3 is 2.52 bits per heavy atom. The first-order valence-electron chi connectivity index (χ1n) is 8.94. The molecule has 0 radical (unpaired) electrons. The molecule has 1 aromatic carbocycles. The Morgan fingerprint density at radius 2 is 1.93 bits per heavy atom. The van der Waals surface area contributed by atoms with Crippen molar-refractivity contribution in [3.8, 4) is 0 Å². The summed E-state index contributed by atoms with van der Waals surface area (Å²) in [5.41, 5.74) is 0.997. The Kier molecular flexibility index (Phi) is 6.57. The smallest absolute Gasteiger partial charge is 0.252 e. The number of carbonyl (C=O) groups is 1. The number of hydrogen-bond acceptors (Lipinski definition) is 4. The van der Waals surface area contributed by atoms with Crippen molar-refractivity contribution >= 4 is 38.9 Å². The third-order valence-electron chi connectivity index (χ3n) is 5.09. The quantitative estimate of drug-likeness (QED) is 0.764. The molecule has 146 valence electrons. The van der Waals surface area contributed by atoms with E-state index >= 15 is 0 Å². The molecule has 2 heterocycles. The van der Waals surface area contributed by atoms with Gasteiger partial charge in [0.25, 0.3) is 10.0 Å². The molecule has 1 aliphatic heterocycles. The molecule has 8 heteroatoms. The Labute approximate surface area is 169 Å². The van der Waals surface area contributed by atoms with Crippen molar-refractivity contribution in [2.75, 3.05) is 13.1 Å². The lowest BCUT2D eigenvalue weighted by Crippen LogP contribution is -2.42. The van der Waals surface area contributed by atoms with Gasteiger partial charge < -0.3 is 5.32 Å². The molecule has 2 aromatic rings. The third-order valence-corrected chi connectivity index (χ3v) is 8.61. The van der Waals surface area contributed by atoms with Gasteiger partial charge in [-0.15, -0.1) is 11.3 Å². The zero-order chi connectivity index (χ0) is 19.4. The number of rotatable bonds is 6. The van der Waals surface area contributed by atoms with Gasteiger partial charge in [-0.1, -0.05) is 36.7 Å². The lowest BCUT2D eigenvalue weighted by molar-refractivity contribution is -0.126. The number of piperidine rings is 1. The average Bonchev–Trinajstić information content (AvgIpc) is 3.22. The van der Waals surface area contributed by atoms with Crippen molar-refractivity contribution in [2.24, 2.45) is 11.8 Å². The maximum atomic E-state index is 12.6. The van der Waals surface area contributed by atoms with E-state index in [4.69, 9.17) is 11.6 Å². The molecule has 27 heavy (non-hydrogen) atoms. The van der Waals surface area contributed by atoms with Crippen LogP contribution in [-0.2, 0) is 21.4 Å². The van der Waals surface area contributed by atoms with Crippen LogP contribution in [0.15, 0.2) is 46.0 Å². The van der Waals surface area contributed by atoms with Crippen molar-refractivity contribution in [3.63, 3.8) is 0 Å². The van der Waals surface area contributed by atoms with Gasteiger partial charge in [0.1, 0.15) is 4.21 Å². The molecule has 1 fully saturated rings. The number of carbonyl (C=O) groups excluding carboxylic acids is 1. The third kappa shape index (κ3) is 4.90. The van der Waals surface area contributed by atoms with Crippen molar-refractivity contribution in [3.05, 3.63) is 52.4 Å². The van der Waals surface area contributed by atoms with E-state index in [1.807, 2.05) is 19.1 Å². The highest BCUT2D eigenvalue weighted by atomic mass is 35.5. The largest absolute Gasteiger partial charge is 0.352 e. The Bertz CT molecular complexity index is 859. The molecule has 0 spiro atoms. The van der Waals surface area contributed by atoms with E-state index in [1.54, 1.807) is 29.6 Å². The zero-order valence-electron chi connectivity index (χ0n) is 15.1. The minimum Gasteiger partial charge on any atom is -0.352 e. The van der Waals surface area contributed by atoms with E-state index in [0.717, 1.165) is 5.56 Å². The van der Waals surface area contributed by atoms with E-state index < -0.39 is 10.0 Å². The summed E-state index contributed by atoms with van der Waals surface area (Å²) in [6.45, 7) is 3.30. The van der Waals surface area contributed by atoms with Gasteiger partial charge >= 0.3 is 0 Å². The van der Waals surface area contributed by atoms with Crippen LogP contribution >= 0.6 is 22.9 Å². The van der Waals surface area contributed by atoms with Gasteiger partial charge in [0.15, 0.2) is 0 Å². The summed E-state index contributed by atoms with van der Waals surface area (Å²) in [7, 11) is -3.40. The number of nitrogens with zero attached hydrogens (tertiary/aromatic N) is 1. The second-order valence-electron chi connectivity index (χ2n) is 6.81. The molecule has 0 saturated carbocycles. The van der Waals surface area contributed by atoms with Gasteiger partial charge in [0.2, 0.25) is 5.91 Å². The summed E-state index contributed by atoms with van der Waals surface area (Å²) in [5, 5.41) is 5.41. The Morgan fingerprint density at radius 1 is 1.26 bits per heavy atom. The number of amides is 1. The highest BCUT2D eigenvalue weighted by molar-refractivity contribution is 7.91. The molecular formula is C19H23ClN2O3S2. The lowest BCUT2D eigenvalue weighted by Gasteiger charge is -2.33. The summed E-state index contributed by atoms with van der Waals surface area (Å²) < 4.78 is 27.1. The molecule has 0 unspecified atom stereocenters. The number of halogens is 1. The van der Waals surface area contributed by atoms with Crippen LogP contribution in [0.2, 0.25) is 5.02 Å². The first-order valence-corrected chi connectivity index (χ1v) is 11.6. The van der Waals surface area contributed by atoms with Crippen molar-refractivity contribution < 1.29 is 13.2 Å². The molecule has 0 aliphatic carbocycles. The summed E-state index contributed by atoms with van der Waals surface area (Å²) in [6.07, 6.45) is 1.39. The van der Waals surface area contributed by atoms with Crippen molar-refractivity contribution in [2.45, 2.75) is 30.5 Å². The Balaban J connectivity index is 1.51. The van der Waals surface area contributed by atoms with E-state index in [0.29, 0.717) is 41.7 Å². The topological polar surface area (TPSA) is 66.5 Å². The maximum Gasteiger partial charge on any atom is 0.252 e. The van der Waals surface area contributed by atoms with Gasteiger partial charge in [0.05, 0.1) is 0 Å². The minimum absolute atomic E-state index is 0.00418. The summed E-state index contributed by atoms with van der Waals surface area (Å²) in [5.74, 6) is 0.0402. The van der Waals surface area contributed by atoms with Crippen LogP contribution in [0.3, 0.4) is 0 Å². The minimum atomic E-state index is -3.40. The number of nitrogens with one attached hydrogen (secondary N) is 1. The van der Waals surface area contributed by atoms with Crippen molar-refractivity contribution in [1.29, 1.82) is 0 Å². The molecule has 1 amide bonds. The predicted molar refractivity (Wildman–Crippen MR) is 108 cm³/mol. The number of thiophene rings is 1. The molecule has 1 aliphatic rings. The van der Waals surface area contributed by atoms with E-state index in [1.165, 1.54) is 15.6 Å². The van der Waals surface area contributed by atoms with Gasteiger partial charge in [-0.25, -0.2) is 8.42 Å². The molecule has 5 nitrogen and oxygen atoms in total. The highest BCUT2D eigenvalue weighted by Gasteiger charge is 2.33. The van der Waals surface area contributed by atoms with Crippen LogP contribution in [0.4, 0.5) is 0 Å². The second-order valence-corrected chi connectivity index (χ2v) is 10.4. The first kappa shape index (κ1) is 20.3. The fourth-order valence-electron chi connectivity index (χ4n) is 3.32. The standard InChI is InChI=1S/C19H23ClN2O3S2/c1-14(19(23)21-13-15-4-6-17(20)7-5-15)16-8-10-22(11-9-16)27(24,25)18-3-2-12-26-18/h2-7,12,14,16H,8-11,13H2,1H3,(H,21,23)/t14-/m0/s1. The molecule has 3 rings (SSSR count). The fraction of sp³-hybridized carbons (Fsp3) is 0.421. The lowest BCUT2D eigenvalue weighted by atomic mass is 9.85. The van der Waals surface area contributed by atoms with Crippen LogP contribution in [0.25, 0.3) is 0 Å². The summed E-state index contributed by atoms with van der Waals surface area (Å²) in [4.78, 5) is 12.5. The van der Waals surface area contributed by atoms with Gasteiger partial charge in [-0.2, -0.15) is 4.31 Å². The highest BCUT2D eigenvalue weighted by Crippen LogP contribution is 2.30. The SMILES string of the molecule is C[C@H](C(=O)NCc1ccc(Cl)cc1)C1CCN(S(=O)(=O)c2cccs2)CC1. The number of sulfonamides is 1. The fourth-order valence-corrected chi connectivity index (χ4v) is 6.06. The first-order chi connectivity index (χ1) is 12.9. The average molecular weight is 427 g/mol. The van der Waals surface area contributed by atoms with Gasteiger partial charge in [0, 0.05) is 30.6 Å². The summed E-state index contributed by atoms with van der Waals surface area (Å²) >= 11 is 7.11. The van der Waals surface area contributed by atoms with Crippen LogP contribution in [0.1, 0.15) is 25.3 Å². The predicted octanol–water partition coefficient (Wildman–Crippen LogP) is 3.75. The van der Waals surface area contributed by atoms with E-state index in [-0.39, 0.29) is 17.7 Å². The number of benzene rings is 1. The van der Waals surface area contributed by atoms with E-state index in [2.05, 4.69) is 5.32 Å². The molecule has 1 aromatic heterocycles. The number of hydrogen-bond donors (Lipinski definition) is 1. The Hall–Kier alpha value is -1.41. The molecule has 0 bridgehead atoms. The summed E-state index contributed by atoms with van der Waals surface area (Å²) in [6, 6.07) is 10.8. The van der Waals surface area contributed by atoms with E-state index in [9.17, 15) is 13.2 Å². The van der Waals surface area contributed by atoms with Crippen LogP contribution in [0.5, 0.6) is 0 Å². The van der Waals surface area contributed by atoms with Gasteiger partial charge in [-0.3, -0.25) is 4.79 Å². The maximum absolute atomic E-state index is 12.6. The van der Waals surface area contributed by atoms with Crippen LogP contribution < -0.4 is 5.32 Å². The molecular weight excluding hydrogens is 404 g/mol. The normalized spacial score (nSPS) is 17.6. The monoisotopic (exact) mass is 426 g/mol. The molecule has 1 N–H and O–H groups in total. The van der Waals surface area contributed by atoms with Crippen LogP contribution in [0, 0.1) is 11.8 Å². The van der Waals surface area contributed by atoms with Gasteiger partial charge in [-0.05, 0) is 47.9 Å². The van der Waals surface area contributed by atoms with Crippen molar-refractivity contribution in [1.82, 2.24) is 9.62 Å².